The highest BCUT2D eigenvalue weighted by Crippen LogP contribution is 1.98. The van der Waals surface area contributed by atoms with Crippen LogP contribution >= 0.6 is 12.4 Å². The van der Waals surface area contributed by atoms with Gasteiger partial charge < -0.3 is 5.32 Å². The molecule has 0 unspecified atom stereocenters. The van der Waals surface area contributed by atoms with Gasteiger partial charge in [0.25, 0.3) is 0 Å². The highest BCUT2D eigenvalue weighted by Gasteiger charge is 2.06. The zero-order chi connectivity index (χ0) is 6.10. The van der Waals surface area contributed by atoms with Crippen LogP contribution in [0.15, 0.2) is 6.20 Å². The Bertz CT molecular complexity index is 189. The van der Waals surface area contributed by atoms with E-state index in [1.165, 1.54) is 5.69 Å². The maximum atomic E-state index is 3.88. The molecule has 2 heterocycles. The molecule has 0 atom stereocenters. The average molecular weight is 161 g/mol. The molecule has 4 nitrogen and oxygen atoms in total. The van der Waals surface area contributed by atoms with Crippen LogP contribution in [0.4, 0.5) is 0 Å². The van der Waals surface area contributed by atoms with Crippen molar-refractivity contribution in [3.63, 3.8) is 0 Å². The number of hydrogen-bond donors (Lipinski definition) is 1. The first-order chi connectivity index (χ1) is 4.47. The van der Waals surface area contributed by atoms with Crippen molar-refractivity contribution in [3.8, 4) is 0 Å². The van der Waals surface area contributed by atoms with Crippen LogP contribution in [0, 0.1) is 0 Å². The Morgan fingerprint density at radius 2 is 2.50 bits per heavy atom. The molecule has 2 rings (SSSR count). The molecule has 0 radical (unpaired) electrons. The van der Waals surface area contributed by atoms with Crippen molar-refractivity contribution in [2.24, 2.45) is 0 Å². The van der Waals surface area contributed by atoms with Crippen molar-refractivity contribution in [1.82, 2.24) is 20.3 Å². The third-order valence-electron chi connectivity index (χ3n) is 1.50. The molecule has 5 heteroatoms. The lowest BCUT2D eigenvalue weighted by Gasteiger charge is -2.12. The van der Waals surface area contributed by atoms with Gasteiger partial charge in [-0.15, -0.1) is 17.5 Å². The molecule has 0 saturated heterocycles. The van der Waals surface area contributed by atoms with E-state index in [-0.39, 0.29) is 12.4 Å². The fourth-order valence-corrected chi connectivity index (χ4v) is 1.01. The Hall–Kier alpha value is -0.610. The molecule has 0 saturated carbocycles. The van der Waals surface area contributed by atoms with Crippen molar-refractivity contribution < 1.29 is 0 Å². The van der Waals surface area contributed by atoms with Gasteiger partial charge in [0.2, 0.25) is 0 Å². The summed E-state index contributed by atoms with van der Waals surface area (Å²) in [7, 11) is 0. The minimum Gasteiger partial charge on any atom is -0.309 e. The predicted octanol–water partition coefficient (Wildman–Crippen LogP) is -0.197. The van der Waals surface area contributed by atoms with E-state index in [0.717, 1.165) is 19.6 Å². The molecule has 0 aliphatic carbocycles. The molecule has 0 spiro atoms. The quantitative estimate of drug-likeness (QED) is 0.572. The molecule has 56 valence electrons. The first-order valence-corrected chi connectivity index (χ1v) is 3.05. The van der Waals surface area contributed by atoms with Crippen molar-refractivity contribution in [1.29, 1.82) is 0 Å². The van der Waals surface area contributed by atoms with Gasteiger partial charge in [0.1, 0.15) is 0 Å². The lowest BCUT2D eigenvalue weighted by Crippen LogP contribution is -2.28. The third-order valence-corrected chi connectivity index (χ3v) is 1.50. The summed E-state index contributed by atoms with van der Waals surface area (Å²) in [6.07, 6.45) is 1.80. The van der Waals surface area contributed by atoms with Gasteiger partial charge in [-0.25, -0.2) is 4.68 Å². The number of nitrogens with zero attached hydrogens (tertiary/aromatic N) is 3. The molecule has 0 fully saturated rings. The summed E-state index contributed by atoms with van der Waals surface area (Å²) in [6, 6.07) is 0. The van der Waals surface area contributed by atoms with E-state index in [4.69, 9.17) is 0 Å². The number of halogens is 1. The largest absolute Gasteiger partial charge is 0.309 e. The van der Waals surface area contributed by atoms with Gasteiger partial charge in [-0.3, -0.25) is 0 Å². The lowest BCUT2D eigenvalue weighted by atomic mass is 10.4. The first kappa shape index (κ1) is 7.50. The number of hydrogen-bond acceptors (Lipinski definition) is 3. The van der Waals surface area contributed by atoms with E-state index in [1.54, 1.807) is 6.20 Å². The predicted molar refractivity (Wildman–Crippen MR) is 39.0 cm³/mol. The highest BCUT2D eigenvalue weighted by molar-refractivity contribution is 5.85. The van der Waals surface area contributed by atoms with E-state index in [9.17, 15) is 0 Å². The van der Waals surface area contributed by atoms with Crippen molar-refractivity contribution in [2.45, 2.75) is 13.1 Å². The van der Waals surface area contributed by atoms with E-state index < -0.39 is 0 Å². The van der Waals surface area contributed by atoms with Crippen LogP contribution in [0.25, 0.3) is 0 Å². The van der Waals surface area contributed by atoms with Gasteiger partial charge in [-0.1, -0.05) is 5.21 Å². The molecule has 1 aliphatic heterocycles. The summed E-state index contributed by atoms with van der Waals surface area (Å²) < 4.78 is 1.93. The second-order valence-electron chi connectivity index (χ2n) is 2.13. The van der Waals surface area contributed by atoms with Gasteiger partial charge in [0, 0.05) is 13.1 Å². The normalized spacial score (nSPS) is 15.6. The van der Waals surface area contributed by atoms with Crippen LogP contribution in [0.5, 0.6) is 0 Å². The van der Waals surface area contributed by atoms with Crippen LogP contribution in [0.3, 0.4) is 0 Å². The number of aromatic nitrogens is 3. The van der Waals surface area contributed by atoms with E-state index in [1.807, 2.05) is 4.68 Å². The summed E-state index contributed by atoms with van der Waals surface area (Å²) in [5.41, 5.74) is 1.18. The Kier molecular flexibility index (Phi) is 2.24. The molecule has 1 N–H and O–H groups in total. The van der Waals surface area contributed by atoms with E-state index in [0.29, 0.717) is 0 Å². The fourth-order valence-electron chi connectivity index (χ4n) is 1.01. The molecule has 0 aromatic carbocycles. The molecular weight excluding hydrogens is 152 g/mol. The smallest absolute Gasteiger partial charge is 0.0738 e. The minimum atomic E-state index is 0. The summed E-state index contributed by atoms with van der Waals surface area (Å²) in [5.74, 6) is 0. The molecular formula is C5H9ClN4. The maximum Gasteiger partial charge on any atom is 0.0738 e. The average Bonchev–Trinajstić information content (AvgIpc) is 2.33. The topological polar surface area (TPSA) is 42.7 Å². The second kappa shape index (κ2) is 2.98. The zero-order valence-electron chi connectivity index (χ0n) is 5.45. The van der Waals surface area contributed by atoms with Crippen LogP contribution < -0.4 is 5.32 Å². The van der Waals surface area contributed by atoms with Gasteiger partial charge >= 0.3 is 0 Å². The molecule has 1 aromatic heterocycles. The monoisotopic (exact) mass is 160 g/mol. The highest BCUT2D eigenvalue weighted by atomic mass is 35.5. The molecule has 10 heavy (non-hydrogen) atoms. The van der Waals surface area contributed by atoms with Gasteiger partial charge in [-0.05, 0) is 0 Å². The number of rotatable bonds is 0. The van der Waals surface area contributed by atoms with Gasteiger partial charge in [0.15, 0.2) is 0 Å². The Labute approximate surface area is 65.0 Å². The summed E-state index contributed by atoms with van der Waals surface area (Å²) in [4.78, 5) is 0. The van der Waals surface area contributed by atoms with E-state index in [2.05, 4.69) is 15.6 Å². The van der Waals surface area contributed by atoms with Crippen LogP contribution in [0.2, 0.25) is 0 Å². The van der Waals surface area contributed by atoms with Gasteiger partial charge in [0.05, 0.1) is 18.4 Å². The molecule has 0 amide bonds. The number of fused-ring (bicyclic) bond motifs is 1. The molecule has 0 bridgehead atoms. The standard InChI is InChI=1S/C5H8N4.ClH/c1-2-9-5(3-6-1)4-7-8-9;/h4,6H,1-3H2;1H. The van der Waals surface area contributed by atoms with Crippen LogP contribution in [-0.4, -0.2) is 21.5 Å². The van der Waals surface area contributed by atoms with Crippen molar-refractivity contribution in [2.75, 3.05) is 6.54 Å². The summed E-state index contributed by atoms with van der Waals surface area (Å²) in [6.45, 7) is 2.87. The lowest BCUT2D eigenvalue weighted by molar-refractivity contribution is 0.467. The third kappa shape index (κ3) is 1.12. The Morgan fingerprint density at radius 1 is 1.60 bits per heavy atom. The summed E-state index contributed by atoms with van der Waals surface area (Å²) >= 11 is 0. The first-order valence-electron chi connectivity index (χ1n) is 3.05. The van der Waals surface area contributed by atoms with Crippen LogP contribution in [0.1, 0.15) is 5.69 Å². The SMILES string of the molecule is Cl.c1nnn2c1CNCC2. The maximum absolute atomic E-state index is 3.88. The number of nitrogens with one attached hydrogen (secondary N) is 1. The molecule has 1 aromatic rings. The van der Waals surface area contributed by atoms with Crippen LogP contribution in [-0.2, 0) is 13.1 Å². The summed E-state index contributed by atoms with van der Waals surface area (Å²) in [5, 5.41) is 10.9. The second-order valence-corrected chi connectivity index (χ2v) is 2.13. The fraction of sp³-hybridized carbons (Fsp3) is 0.600. The Balaban J connectivity index is 0.000000500. The van der Waals surface area contributed by atoms with Crippen molar-refractivity contribution in [3.05, 3.63) is 11.9 Å². The Morgan fingerprint density at radius 3 is 3.30 bits per heavy atom. The minimum absolute atomic E-state index is 0. The van der Waals surface area contributed by atoms with Crippen molar-refractivity contribution >= 4 is 12.4 Å². The van der Waals surface area contributed by atoms with E-state index >= 15 is 0 Å². The van der Waals surface area contributed by atoms with Gasteiger partial charge in [-0.2, -0.15) is 0 Å². The zero-order valence-corrected chi connectivity index (χ0v) is 6.27. The molecule has 1 aliphatic rings.